The summed E-state index contributed by atoms with van der Waals surface area (Å²) < 4.78 is 17.9. The van der Waals surface area contributed by atoms with Gasteiger partial charge in [0, 0.05) is 29.9 Å². The highest BCUT2D eigenvalue weighted by molar-refractivity contribution is 5.97. The molecule has 0 bridgehead atoms. The molecule has 0 saturated heterocycles. The minimum Gasteiger partial charge on any atom is -0.505 e. The maximum atomic E-state index is 13.9. The number of hydrogen-bond donors (Lipinski definition) is 2. The molecule has 32 heavy (non-hydrogen) atoms. The number of nitrogens with zero attached hydrogens (tertiary/aromatic N) is 4. The van der Waals surface area contributed by atoms with Crippen molar-refractivity contribution < 1.29 is 9.50 Å². The molecule has 0 amide bonds. The molecule has 1 aliphatic carbocycles. The average Bonchev–Trinajstić information content (AvgIpc) is 3.35. The van der Waals surface area contributed by atoms with Gasteiger partial charge >= 0.3 is 0 Å². The fourth-order valence-corrected chi connectivity index (χ4v) is 4.42. The number of nitrogen functional groups attached to an aromatic ring is 1. The third-order valence-corrected chi connectivity index (χ3v) is 6.07. The molecule has 3 aromatic heterocycles. The summed E-state index contributed by atoms with van der Waals surface area (Å²) >= 11 is 0. The zero-order valence-corrected chi connectivity index (χ0v) is 17.6. The molecule has 1 aliphatic rings. The molecular weight excluding hydrogens is 405 g/mol. The maximum absolute atomic E-state index is 13.9. The summed E-state index contributed by atoms with van der Waals surface area (Å²) in [7, 11) is 0. The van der Waals surface area contributed by atoms with Crippen molar-refractivity contribution >= 4 is 27.8 Å². The molecule has 5 rings (SSSR count). The smallest absolute Gasteiger partial charge is 0.165 e. The SMILES string of the molecule is C=C1/C=C\C=C/CCC(n2cc(-n3ccc4cc(F)c(O)cc43)c3c(N)ncnc32)CC1. The normalized spacial score (nSPS) is 19.4. The molecule has 0 radical (unpaired) electrons. The van der Waals surface area contributed by atoms with Gasteiger partial charge in [-0.1, -0.05) is 36.5 Å². The fraction of sp³-hybridized carbons (Fsp3) is 0.200. The molecule has 6 nitrogen and oxygen atoms in total. The Morgan fingerprint density at radius 3 is 2.94 bits per heavy atom. The molecule has 0 aliphatic heterocycles. The van der Waals surface area contributed by atoms with Gasteiger partial charge in [0.2, 0.25) is 0 Å². The minimum atomic E-state index is -0.649. The van der Waals surface area contributed by atoms with Crippen molar-refractivity contribution in [3.8, 4) is 11.4 Å². The Bertz CT molecular complexity index is 1390. The van der Waals surface area contributed by atoms with E-state index in [1.807, 2.05) is 29.1 Å². The van der Waals surface area contributed by atoms with E-state index in [9.17, 15) is 9.50 Å². The van der Waals surface area contributed by atoms with E-state index in [4.69, 9.17) is 5.73 Å². The Labute approximate surface area is 184 Å². The van der Waals surface area contributed by atoms with E-state index in [0.717, 1.165) is 48.0 Å². The van der Waals surface area contributed by atoms with Gasteiger partial charge in [-0.3, -0.25) is 0 Å². The number of benzene rings is 1. The van der Waals surface area contributed by atoms with E-state index in [1.54, 1.807) is 0 Å². The second kappa shape index (κ2) is 8.00. The summed E-state index contributed by atoms with van der Waals surface area (Å²) in [6, 6.07) is 4.76. The summed E-state index contributed by atoms with van der Waals surface area (Å²) in [5.41, 5.74) is 9.62. The van der Waals surface area contributed by atoms with Crippen LogP contribution >= 0.6 is 0 Å². The van der Waals surface area contributed by atoms with E-state index >= 15 is 0 Å². The van der Waals surface area contributed by atoms with Crippen molar-refractivity contribution in [1.29, 1.82) is 0 Å². The molecule has 0 spiro atoms. The van der Waals surface area contributed by atoms with Gasteiger partial charge in [-0.25, -0.2) is 14.4 Å². The van der Waals surface area contributed by atoms with Gasteiger partial charge in [0.1, 0.15) is 17.8 Å². The average molecular weight is 429 g/mol. The van der Waals surface area contributed by atoms with Gasteiger partial charge in [0.05, 0.1) is 16.6 Å². The lowest BCUT2D eigenvalue weighted by Crippen LogP contribution is -2.09. The fourth-order valence-electron chi connectivity index (χ4n) is 4.42. The number of anilines is 1. The number of halogens is 1. The number of rotatable bonds is 2. The molecule has 3 N–H and O–H groups in total. The Morgan fingerprint density at radius 1 is 1.19 bits per heavy atom. The van der Waals surface area contributed by atoms with Gasteiger partial charge in [0.25, 0.3) is 0 Å². The molecule has 4 aromatic rings. The first-order valence-electron chi connectivity index (χ1n) is 10.6. The largest absolute Gasteiger partial charge is 0.505 e. The van der Waals surface area contributed by atoms with Crippen molar-refractivity contribution in [2.24, 2.45) is 0 Å². The monoisotopic (exact) mass is 429 g/mol. The summed E-state index contributed by atoms with van der Waals surface area (Å²) in [5, 5.41) is 11.4. The molecule has 1 unspecified atom stereocenters. The van der Waals surface area contributed by atoms with Crippen LogP contribution in [0.3, 0.4) is 0 Å². The lowest BCUT2D eigenvalue weighted by molar-refractivity contribution is 0.433. The van der Waals surface area contributed by atoms with Crippen molar-refractivity contribution in [1.82, 2.24) is 19.1 Å². The number of aromatic nitrogens is 4. The van der Waals surface area contributed by atoms with Crippen LogP contribution in [0.2, 0.25) is 0 Å². The number of hydrogen-bond acceptors (Lipinski definition) is 4. The van der Waals surface area contributed by atoms with E-state index in [1.165, 1.54) is 18.5 Å². The topological polar surface area (TPSA) is 81.9 Å². The quantitative estimate of drug-likeness (QED) is 0.435. The Balaban J connectivity index is 1.68. The van der Waals surface area contributed by atoms with Crippen LogP contribution in [-0.4, -0.2) is 24.2 Å². The molecule has 3 heterocycles. The second-order valence-corrected chi connectivity index (χ2v) is 8.14. The van der Waals surface area contributed by atoms with E-state index in [0.29, 0.717) is 16.7 Å². The maximum Gasteiger partial charge on any atom is 0.165 e. The van der Waals surface area contributed by atoms with E-state index in [2.05, 4.69) is 39.3 Å². The molecular formula is C25H24FN5O. The highest BCUT2D eigenvalue weighted by atomic mass is 19.1. The van der Waals surface area contributed by atoms with Crippen LogP contribution in [0.4, 0.5) is 10.2 Å². The third kappa shape index (κ3) is 3.45. The van der Waals surface area contributed by atoms with Crippen LogP contribution in [0.25, 0.3) is 27.6 Å². The number of phenols is 1. The Kier molecular flexibility index (Phi) is 5.01. The standard InChI is InChI=1S/C25H24FN5O/c1-16-6-4-2-3-5-7-18(9-8-16)31-14-21(23-24(27)28-15-29-25(23)31)30-11-10-17-12-19(26)22(32)13-20(17)30/h2-4,6,10-15,18,32H,1,5,7-9H2,(H2,27,28,29)/b3-2-,6-4-. The summed E-state index contributed by atoms with van der Waals surface area (Å²) in [5.74, 6) is -0.663. The summed E-state index contributed by atoms with van der Waals surface area (Å²) in [6.45, 7) is 4.15. The first kappa shape index (κ1) is 20.1. The number of aromatic hydroxyl groups is 1. The minimum absolute atomic E-state index is 0.195. The van der Waals surface area contributed by atoms with Crippen LogP contribution in [-0.2, 0) is 0 Å². The van der Waals surface area contributed by atoms with Crippen LogP contribution in [0, 0.1) is 5.82 Å². The first-order chi connectivity index (χ1) is 15.5. The Morgan fingerprint density at radius 2 is 2.06 bits per heavy atom. The van der Waals surface area contributed by atoms with Crippen LogP contribution in [0.15, 0.2) is 73.4 Å². The number of allylic oxidation sites excluding steroid dienone is 5. The predicted octanol–water partition coefficient (Wildman–Crippen LogP) is 5.59. The molecule has 162 valence electrons. The lowest BCUT2D eigenvalue weighted by atomic mass is 10.0. The van der Waals surface area contributed by atoms with Crippen molar-refractivity contribution in [2.45, 2.75) is 31.7 Å². The zero-order valence-electron chi connectivity index (χ0n) is 17.6. The number of nitrogens with two attached hydrogens (primary N) is 1. The Hall–Kier alpha value is -3.87. The number of fused-ring (bicyclic) bond motifs is 2. The van der Waals surface area contributed by atoms with E-state index < -0.39 is 11.6 Å². The highest BCUT2D eigenvalue weighted by Gasteiger charge is 2.21. The zero-order chi connectivity index (χ0) is 22.2. The van der Waals surface area contributed by atoms with E-state index in [-0.39, 0.29) is 6.04 Å². The van der Waals surface area contributed by atoms with Crippen molar-refractivity contribution in [2.75, 3.05) is 5.73 Å². The van der Waals surface area contributed by atoms with Gasteiger partial charge in [-0.15, -0.1) is 0 Å². The summed E-state index contributed by atoms with van der Waals surface area (Å²) in [6.07, 6.45) is 17.4. The number of phenolic OH excluding ortho intramolecular Hbond substituents is 1. The second-order valence-electron chi connectivity index (χ2n) is 8.14. The first-order valence-corrected chi connectivity index (χ1v) is 10.6. The van der Waals surface area contributed by atoms with Crippen molar-refractivity contribution in [3.05, 3.63) is 79.2 Å². The molecule has 0 fully saturated rings. The van der Waals surface area contributed by atoms with Crippen LogP contribution in [0.5, 0.6) is 5.75 Å². The lowest BCUT2D eigenvalue weighted by Gasteiger charge is -2.20. The van der Waals surface area contributed by atoms with Crippen LogP contribution in [0.1, 0.15) is 31.7 Å². The van der Waals surface area contributed by atoms with Gasteiger partial charge in [-0.05, 0) is 37.8 Å². The highest BCUT2D eigenvalue weighted by Crippen LogP contribution is 2.36. The van der Waals surface area contributed by atoms with Crippen LogP contribution < -0.4 is 5.73 Å². The molecule has 7 heteroatoms. The summed E-state index contributed by atoms with van der Waals surface area (Å²) in [4.78, 5) is 8.79. The van der Waals surface area contributed by atoms with Gasteiger partial charge < -0.3 is 20.0 Å². The third-order valence-electron chi connectivity index (χ3n) is 6.07. The van der Waals surface area contributed by atoms with Gasteiger partial charge in [-0.2, -0.15) is 0 Å². The van der Waals surface area contributed by atoms with Crippen molar-refractivity contribution in [3.63, 3.8) is 0 Å². The molecule has 1 atom stereocenters. The molecule has 1 aromatic carbocycles. The van der Waals surface area contributed by atoms with Gasteiger partial charge in [0.15, 0.2) is 11.6 Å². The predicted molar refractivity (Wildman–Crippen MR) is 125 cm³/mol. The molecule has 0 saturated carbocycles.